The monoisotopic (exact) mass is 142 g/mol. The molecule has 0 bridgehead atoms. The molecule has 0 spiro atoms. The number of carbonyl (C=O) groups excluding carboxylic acids is 1. The molecule has 1 rings (SSSR count). The van der Waals surface area contributed by atoms with Crippen molar-refractivity contribution in [1.29, 1.82) is 0 Å². The molecule has 0 aromatic heterocycles. The van der Waals surface area contributed by atoms with Gasteiger partial charge in [0.05, 0.1) is 6.61 Å². The summed E-state index contributed by atoms with van der Waals surface area (Å²) in [6.07, 6.45) is 1.78. The summed E-state index contributed by atoms with van der Waals surface area (Å²) in [5.74, 6) is -0.345. The predicted octanol–water partition coefficient (Wildman–Crippen LogP) is 0.240. The number of rotatable bonds is 1. The van der Waals surface area contributed by atoms with Crippen molar-refractivity contribution in [2.24, 2.45) is 0 Å². The van der Waals surface area contributed by atoms with Gasteiger partial charge >= 0.3 is 5.97 Å². The van der Waals surface area contributed by atoms with E-state index in [1.807, 2.05) is 6.92 Å². The van der Waals surface area contributed by atoms with Gasteiger partial charge in [-0.25, -0.2) is 4.79 Å². The van der Waals surface area contributed by atoms with Gasteiger partial charge in [-0.05, 0) is 6.92 Å². The number of carbonyl (C=O) groups is 1. The molecule has 0 amide bonds. The Bertz CT molecular complexity index is 172. The smallest absolute Gasteiger partial charge is 0.331 e. The second kappa shape index (κ2) is 2.84. The molecule has 1 aliphatic heterocycles. The maximum Gasteiger partial charge on any atom is 0.331 e. The molecule has 1 atom stereocenters. The van der Waals surface area contributed by atoms with Crippen molar-refractivity contribution in [3.05, 3.63) is 11.6 Å². The Morgan fingerprint density at radius 1 is 1.90 bits per heavy atom. The van der Waals surface area contributed by atoms with Gasteiger partial charge in [0.2, 0.25) is 0 Å². The van der Waals surface area contributed by atoms with Crippen molar-refractivity contribution >= 4 is 5.97 Å². The second-order valence-electron chi connectivity index (χ2n) is 2.44. The third kappa shape index (κ3) is 1.57. The molecule has 3 heteroatoms. The van der Waals surface area contributed by atoms with Crippen LogP contribution in [0, 0.1) is 0 Å². The van der Waals surface area contributed by atoms with Crippen LogP contribution in [0.1, 0.15) is 13.3 Å². The van der Waals surface area contributed by atoms with Crippen LogP contribution in [0.5, 0.6) is 0 Å². The summed E-state index contributed by atoms with van der Waals surface area (Å²) < 4.78 is 4.74. The van der Waals surface area contributed by atoms with Crippen molar-refractivity contribution in [3.63, 3.8) is 0 Å². The zero-order chi connectivity index (χ0) is 7.56. The number of cyclic esters (lactones) is 1. The average Bonchev–Trinajstić information content (AvgIpc) is 1.85. The summed E-state index contributed by atoms with van der Waals surface area (Å²) in [6, 6.07) is 0. The number of hydrogen-bond donors (Lipinski definition) is 1. The number of esters is 1. The first-order valence-electron chi connectivity index (χ1n) is 3.21. The molecule has 0 unspecified atom stereocenters. The molecule has 0 aromatic carbocycles. The minimum atomic E-state index is -0.345. The molecule has 0 saturated carbocycles. The Hall–Kier alpha value is -0.830. The van der Waals surface area contributed by atoms with Gasteiger partial charge in [0.25, 0.3) is 0 Å². The summed E-state index contributed by atoms with van der Waals surface area (Å²) in [6.45, 7) is 1.76. The van der Waals surface area contributed by atoms with E-state index in [1.165, 1.54) is 6.08 Å². The Morgan fingerprint density at radius 2 is 2.60 bits per heavy atom. The molecule has 10 heavy (non-hydrogen) atoms. The first kappa shape index (κ1) is 7.28. The van der Waals surface area contributed by atoms with Crippen molar-refractivity contribution < 1.29 is 14.6 Å². The predicted molar refractivity (Wildman–Crippen MR) is 35.3 cm³/mol. The number of aliphatic hydroxyl groups excluding tert-OH is 1. The zero-order valence-corrected chi connectivity index (χ0v) is 5.83. The number of aliphatic hydroxyl groups is 1. The normalized spacial score (nSPS) is 25.6. The van der Waals surface area contributed by atoms with E-state index in [1.54, 1.807) is 0 Å². The lowest BCUT2D eigenvalue weighted by Gasteiger charge is -2.18. The van der Waals surface area contributed by atoms with Gasteiger partial charge in [0.15, 0.2) is 0 Å². The fourth-order valence-electron chi connectivity index (χ4n) is 0.961. The first-order valence-corrected chi connectivity index (χ1v) is 3.21. The van der Waals surface area contributed by atoms with Crippen molar-refractivity contribution in [2.75, 3.05) is 6.61 Å². The second-order valence-corrected chi connectivity index (χ2v) is 2.44. The van der Waals surface area contributed by atoms with E-state index in [9.17, 15) is 4.79 Å². The summed E-state index contributed by atoms with van der Waals surface area (Å²) in [5.41, 5.74) is 0.968. The van der Waals surface area contributed by atoms with Gasteiger partial charge in [-0.2, -0.15) is 0 Å². The van der Waals surface area contributed by atoms with Crippen molar-refractivity contribution in [3.8, 4) is 0 Å². The van der Waals surface area contributed by atoms with Gasteiger partial charge in [-0.3, -0.25) is 0 Å². The van der Waals surface area contributed by atoms with Gasteiger partial charge < -0.3 is 9.84 Å². The molecule has 1 heterocycles. The van der Waals surface area contributed by atoms with Gasteiger partial charge in [-0.15, -0.1) is 0 Å². The maximum atomic E-state index is 10.6. The van der Waals surface area contributed by atoms with Crippen LogP contribution in [0.2, 0.25) is 0 Å². The number of ether oxygens (including phenoxy) is 1. The lowest BCUT2D eigenvalue weighted by Crippen LogP contribution is -2.25. The van der Waals surface area contributed by atoms with E-state index in [-0.39, 0.29) is 18.7 Å². The Labute approximate surface area is 59.3 Å². The summed E-state index contributed by atoms with van der Waals surface area (Å²) in [7, 11) is 0. The fourth-order valence-corrected chi connectivity index (χ4v) is 0.961. The Kier molecular flexibility index (Phi) is 2.06. The van der Waals surface area contributed by atoms with Crippen LogP contribution in [0.3, 0.4) is 0 Å². The highest BCUT2D eigenvalue weighted by Crippen LogP contribution is 2.13. The Morgan fingerprint density at radius 3 is 3.10 bits per heavy atom. The summed E-state index contributed by atoms with van der Waals surface area (Å²) >= 11 is 0. The van der Waals surface area contributed by atoms with Crippen molar-refractivity contribution in [2.45, 2.75) is 19.4 Å². The maximum absolute atomic E-state index is 10.6. The SMILES string of the molecule is CC1=CC(=O)O[C@H](CO)C1. The molecular weight excluding hydrogens is 132 g/mol. The van der Waals surface area contributed by atoms with Crippen LogP contribution in [-0.4, -0.2) is 23.8 Å². The highest BCUT2D eigenvalue weighted by Gasteiger charge is 2.17. The number of hydrogen-bond acceptors (Lipinski definition) is 3. The molecule has 0 aliphatic carbocycles. The van der Waals surface area contributed by atoms with E-state index in [0.29, 0.717) is 6.42 Å². The topological polar surface area (TPSA) is 46.5 Å². The molecule has 1 N–H and O–H groups in total. The summed E-state index contributed by atoms with van der Waals surface area (Å²) in [5, 5.41) is 8.62. The highest BCUT2D eigenvalue weighted by molar-refractivity contribution is 5.83. The van der Waals surface area contributed by atoms with E-state index >= 15 is 0 Å². The van der Waals surface area contributed by atoms with E-state index in [0.717, 1.165) is 5.57 Å². The Balaban J connectivity index is 2.60. The fraction of sp³-hybridized carbons (Fsp3) is 0.571. The van der Waals surface area contributed by atoms with Crippen molar-refractivity contribution in [1.82, 2.24) is 0 Å². The lowest BCUT2D eigenvalue weighted by molar-refractivity contribution is -0.146. The lowest BCUT2D eigenvalue weighted by atomic mass is 10.1. The van der Waals surface area contributed by atoms with E-state index in [2.05, 4.69) is 0 Å². The third-order valence-corrected chi connectivity index (χ3v) is 1.40. The van der Waals surface area contributed by atoms with Gasteiger partial charge in [0.1, 0.15) is 6.10 Å². The molecule has 1 aliphatic rings. The van der Waals surface area contributed by atoms with E-state index < -0.39 is 0 Å². The van der Waals surface area contributed by atoms with Crippen LogP contribution in [-0.2, 0) is 9.53 Å². The molecule has 0 aromatic rings. The minimum absolute atomic E-state index is 0.0864. The van der Waals surface area contributed by atoms with Crippen LogP contribution in [0.4, 0.5) is 0 Å². The van der Waals surface area contributed by atoms with Crippen LogP contribution >= 0.6 is 0 Å². The molecular formula is C7H10O3. The molecule has 0 radical (unpaired) electrons. The molecule has 0 fully saturated rings. The largest absolute Gasteiger partial charge is 0.456 e. The highest BCUT2D eigenvalue weighted by atomic mass is 16.6. The average molecular weight is 142 g/mol. The molecule has 3 nitrogen and oxygen atoms in total. The van der Waals surface area contributed by atoms with Crippen LogP contribution < -0.4 is 0 Å². The van der Waals surface area contributed by atoms with Gasteiger partial charge in [0, 0.05) is 12.5 Å². The summed E-state index contributed by atoms with van der Waals surface area (Å²) in [4.78, 5) is 10.6. The molecule has 56 valence electrons. The quantitative estimate of drug-likeness (QED) is 0.533. The zero-order valence-electron chi connectivity index (χ0n) is 5.83. The van der Waals surface area contributed by atoms with Gasteiger partial charge in [-0.1, -0.05) is 5.57 Å². The van der Waals surface area contributed by atoms with E-state index in [4.69, 9.17) is 9.84 Å². The van der Waals surface area contributed by atoms with Crippen LogP contribution in [0.15, 0.2) is 11.6 Å². The third-order valence-electron chi connectivity index (χ3n) is 1.40. The standard InChI is InChI=1S/C7H10O3/c1-5-2-6(4-8)10-7(9)3-5/h3,6,8H,2,4H2,1H3/t6-/m0/s1. The first-order chi connectivity index (χ1) is 4.72. The van der Waals surface area contributed by atoms with Crippen LogP contribution in [0.25, 0.3) is 0 Å². The minimum Gasteiger partial charge on any atom is -0.456 e. The molecule has 0 saturated heterocycles.